The van der Waals surface area contributed by atoms with Gasteiger partial charge in [-0.3, -0.25) is 4.57 Å². The highest BCUT2D eigenvalue weighted by Crippen LogP contribution is 2.18. The molecule has 1 aliphatic heterocycles. The van der Waals surface area contributed by atoms with Gasteiger partial charge < -0.3 is 15.5 Å². The van der Waals surface area contributed by atoms with Crippen LogP contribution in [0.15, 0.2) is 47.3 Å². The molecule has 0 unspecified atom stereocenters. The van der Waals surface area contributed by atoms with Gasteiger partial charge in [0.05, 0.1) is 6.54 Å². The molecule has 4 rings (SSSR count). The summed E-state index contributed by atoms with van der Waals surface area (Å²) in [6.45, 7) is 6.00. The molecule has 140 valence electrons. The minimum absolute atomic E-state index is 0.523. The van der Waals surface area contributed by atoms with E-state index in [4.69, 9.17) is 5.73 Å². The normalized spacial score (nSPS) is 15.4. The predicted molar refractivity (Wildman–Crippen MR) is 107 cm³/mol. The maximum Gasteiger partial charge on any atom is 0.191 e. The van der Waals surface area contributed by atoms with E-state index in [0.29, 0.717) is 12.5 Å². The molecule has 0 spiro atoms. The summed E-state index contributed by atoms with van der Waals surface area (Å²) in [6, 6.07) is 4.00. The molecule has 9 heteroatoms. The number of nitrogens with two attached hydrogens (primary N) is 1. The van der Waals surface area contributed by atoms with Crippen LogP contribution in [0.25, 0.3) is 5.82 Å². The quantitative estimate of drug-likeness (QED) is 0.545. The summed E-state index contributed by atoms with van der Waals surface area (Å²) >= 11 is 1.67. The van der Waals surface area contributed by atoms with E-state index in [2.05, 4.69) is 29.7 Å². The van der Waals surface area contributed by atoms with Crippen LogP contribution in [0, 0.1) is 6.92 Å². The highest BCUT2D eigenvalue weighted by molar-refractivity contribution is 7.13. The lowest BCUT2D eigenvalue weighted by molar-refractivity contribution is 0.380. The smallest absolute Gasteiger partial charge is 0.191 e. The first-order chi connectivity index (χ1) is 13.2. The van der Waals surface area contributed by atoms with E-state index in [0.717, 1.165) is 48.5 Å². The number of imidazole rings is 1. The summed E-state index contributed by atoms with van der Waals surface area (Å²) in [6.07, 6.45) is 7.35. The average Bonchev–Trinajstić information content (AvgIpc) is 3.39. The van der Waals surface area contributed by atoms with Crippen LogP contribution in [-0.2, 0) is 6.54 Å². The van der Waals surface area contributed by atoms with E-state index >= 15 is 0 Å². The molecule has 0 atom stereocenters. The summed E-state index contributed by atoms with van der Waals surface area (Å²) < 4.78 is 1.95. The van der Waals surface area contributed by atoms with Crippen LogP contribution >= 0.6 is 11.3 Å². The number of hydrogen-bond acceptors (Lipinski definition) is 6. The van der Waals surface area contributed by atoms with Gasteiger partial charge in [0.25, 0.3) is 0 Å². The van der Waals surface area contributed by atoms with Crippen LogP contribution in [0.5, 0.6) is 0 Å². The number of thiazole rings is 1. The summed E-state index contributed by atoms with van der Waals surface area (Å²) in [5.74, 6) is 2.35. The van der Waals surface area contributed by atoms with Crippen molar-refractivity contribution in [2.75, 3.05) is 31.1 Å². The maximum absolute atomic E-state index is 6.20. The average molecular weight is 382 g/mol. The van der Waals surface area contributed by atoms with Crippen molar-refractivity contribution in [2.24, 2.45) is 10.7 Å². The highest BCUT2D eigenvalue weighted by atomic mass is 32.1. The van der Waals surface area contributed by atoms with Crippen LogP contribution in [0.4, 0.5) is 5.13 Å². The predicted octanol–water partition coefficient (Wildman–Crippen LogP) is 1.67. The van der Waals surface area contributed by atoms with Crippen LogP contribution < -0.4 is 10.6 Å². The van der Waals surface area contributed by atoms with E-state index in [9.17, 15) is 0 Å². The minimum atomic E-state index is 0.523. The van der Waals surface area contributed by atoms with Crippen molar-refractivity contribution in [3.05, 3.63) is 53.7 Å². The summed E-state index contributed by atoms with van der Waals surface area (Å²) in [5, 5.41) is 3.08. The first-order valence-corrected chi connectivity index (χ1v) is 9.73. The molecule has 0 radical (unpaired) electrons. The minimum Gasteiger partial charge on any atom is -0.370 e. The maximum atomic E-state index is 6.20. The van der Waals surface area contributed by atoms with E-state index in [1.165, 1.54) is 0 Å². The fourth-order valence-corrected chi connectivity index (χ4v) is 3.74. The molecule has 3 aromatic heterocycles. The molecule has 0 saturated carbocycles. The fraction of sp³-hybridized carbons (Fsp3) is 0.333. The summed E-state index contributed by atoms with van der Waals surface area (Å²) in [5.41, 5.74) is 7.23. The number of rotatable bonds is 4. The molecule has 0 amide bonds. The zero-order chi connectivity index (χ0) is 18.6. The van der Waals surface area contributed by atoms with E-state index in [1.54, 1.807) is 17.5 Å². The van der Waals surface area contributed by atoms with E-state index < -0.39 is 0 Å². The fourth-order valence-electron chi connectivity index (χ4n) is 3.04. The van der Waals surface area contributed by atoms with E-state index in [-0.39, 0.29) is 0 Å². The van der Waals surface area contributed by atoms with Crippen molar-refractivity contribution in [1.82, 2.24) is 24.4 Å². The van der Waals surface area contributed by atoms with Gasteiger partial charge in [-0.05, 0) is 18.6 Å². The molecule has 1 aliphatic rings. The molecule has 0 aliphatic carbocycles. The Hall–Kier alpha value is -2.94. The number of nitrogens with zero attached hydrogens (tertiary/aromatic N) is 7. The van der Waals surface area contributed by atoms with Crippen LogP contribution in [0.2, 0.25) is 0 Å². The van der Waals surface area contributed by atoms with Crippen molar-refractivity contribution < 1.29 is 0 Å². The second kappa shape index (κ2) is 7.75. The lowest BCUT2D eigenvalue weighted by Crippen LogP contribution is -2.51. The Balaban J connectivity index is 1.33. The van der Waals surface area contributed by atoms with Crippen molar-refractivity contribution in [1.29, 1.82) is 0 Å². The van der Waals surface area contributed by atoms with Gasteiger partial charge in [-0.1, -0.05) is 6.07 Å². The third-order valence-corrected chi connectivity index (χ3v) is 5.43. The van der Waals surface area contributed by atoms with Crippen molar-refractivity contribution >= 4 is 22.4 Å². The Labute approximate surface area is 162 Å². The number of aromatic nitrogens is 4. The number of piperazine rings is 1. The lowest BCUT2D eigenvalue weighted by Gasteiger charge is -2.35. The van der Waals surface area contributed by atoms with Gasteiger partial charge in [-0.2, -0.15) is 0 Å². The van der Waals surface area contributed by atoms with Gasteiger partial charge in [0.2, 0.25) is 0 Å². The molecule has 3 aromatic rings. The number of aryl methyl sites for hydroxylation is 1. The first kappa shape index (κ1) is 17.5. The van der Waals surface area contributed by atoms with Gasteiger partial charge in [0, 0.05) is 56.3 Å². The molecule has 1 fully saturated rings. The zero-order valence-electron chi connectivity index (χ0n) is 15.2. The van der Waals surface area contributed by atoms with Crippen LogP contribution in [0.1, 0.15) is 11.4 Å². The largest absolute Gasteiger partial charge is 0.370 e. The first-order valence-electron chi connectivity index (χ1n) is 8.85. The van der Waals surface area contributed by atoms with Crippen molar-refractivity contribution in [2.45, 2.75) is 13.5 Å². The number of pyridine rings is 1. The number of aliphatic imine (C=N–C) groups is 1. The summed E-state index contributed by atoms with van der Waals surface area (Å²) in [4.78, 5) is 22.0. The Morgan fingerprint density at radius 3 is 2.63 bits per heavy atom. The Kier molecular flexibility index (Phi) is 5.01. The molecule has 1 saturated heterocycles. The molecular formula is C18H22N8S. The van der Waals surface area contributed by atoms with Crippen molar-refractivity contribution in [3.8, 4) is 5.82 Å². The van der Waals surface area contributed by atoms with E-state index in [1.807, 2.05) is 47.6 Å². The summed E-state index contributed by atoms with van der Waals surface area (Å²) in [7, 11) is 0. The third-order valence-electron chi connectivity index (χ3n) is 4.60. The van der Waals surface area contributed by atoms with Crippen LogP contribution in [-0.4, -0.2) is 56.6 Å². The molecule has 2 N–H and O–H groups in total. The molecular weight excluding hydrogens is 360 g/mol. The molecule has 0 bridgehead atoms. The highest BCUT2D eigenvalue weighted by Gasteiger charge is 2.19. The van der Waals surface area contributed by atoms with Gasteiger partial charge in [-0.25, -0.2) is 19.9 Å². The van der Waals surface area contributed by atoms with Gasteiger partial charge in [0.15, 0.2) is 11.1 Å². The molecule has 27 heavy (non-hydrogen) atoms. The second-order valence-corrected chi connectivity index (χ2v) is 7.21. The number of guanidine groups is 1. The molecule has 4 heterocycles. The molecule has 8 nitrogen and oxygen atoms in total. The van der Waals surface area contributed by atoms with Gasteiger partial charge in [-0.15, -0.1) is 11.3 Å². The van der Waals surface area contributed by atoms with Gasteiger partial charge in [0.1, 0.15) is 11.6 Å². The van der Waals surface area contributed by atoms with Crippen molar-refractivity contribution in [3.63, 3.8) is 0 Å². The Morgan fingerprint density at radius 2 is 2.00 bits per heavy atom. The monoisotopic (exact) mass is 382 g/mol. The molecule has 0 aromatic carbocycles. The Bertz CT molecular complexity index is 892. The topological polar surface area (TPSA) is 88.5 Å². The van der Waals surface area contributed by atoms with Gasteiger partial charge >= 0.3 is 0 Å². The second-order valence-electron chi connectivity index (χ2n) is 6.33. The Morgan fingerprint density at radius 1 is 1.15 bits per heavy atom. The number of anilines is 1. The standard InChI is InChI=1S/C18H22N8S/c1-14-20-4-6-26(14)16-3-2-15(12-22-16)13-23-17(19)24-7-9-25(10-8-24)18-21-5-11-27-18/h2-6,11-12H,7-10,13H2,1H3,(H2,19,23). The number of hydrogen-bond donors (Lipinski definition) is 1. The van der Waals surface area contributed by atoms with Crippen LogP contribution in [0.3, 0.4) is 0 Å². The SMILES string of the molecule is Cc1nccn1-c1ccc(CN=C(N)N2CCN(c3nccs3)CC2)cn1. The zero-order valence-corrected chi connectivity index (χ0v) is 16.0. The lowest BCUT2D eigenvalue weighted by atomic mass is 10.3. The third kappa shape index (κ3) is 3.92.